The third kappa shape index (κ3) is 3.79. The minimum Gasteiger partial charge on any atom is -0.423 e. The van der Waals surface area contributed by atoms with E-state index < -0.39 is 0 Å². The second-order valence-corrected chi connectivity index (χ2v) is 7.73. The molecule has 0 saturated carbocycles. The molecule has 3 heterocycles. The normalized spacial score (nSPS) is 16.0. The molecule has 4 aromatic rings. The van der Waals surface area contributed by atoms with E-state index in [9.17, 15) is 4.79 Å². The predicted octanol–water partition coefficient (Wildman–Crippen LogP) is 2.96. The minimum atomic E-state index is -0.283. The molecular weight excluding hydrogens is 368 g/mol. The maximum Gasteiger partial charge on any atom is 0.336 e. The van der Waals surface area contributed by atoms with Gasteiger partial charge in [0, 0.05) is 50.7 Å². The summed E-state index contributed by atoms with van der Waals surface area (Å²) >= 11 is 0. The Labute approximate surface area is 167 Å². The lowest BCUT2D eigenvalue weighted by Crippen LogP contribution is -2.45. The van der Waals surface area contributed by atoms with Gasteiger partial charge in [0.05, 0.1) is 0 Å². The second kappa shape index (κ2) is 7.42. The highest BCUT2D eigenvalue weighted by Gasteiger charge is 2.19. The van der Waals surface area contributed by atoms with Gasteiger partial charge in [0.25, 0.3) is 0 Å². The van der Waals surface area contributed by atoms with Gasteiger partial charge in [-0.25, -0.2) is 9.42 Å². The molecule has 7 heteroatoms. The van der Waals surface area contributed by atoms with E-state index in [0.717, 1.165) is 66.8 Å². The molecule has 0 aliphatic carbocycles. The van der Waals surface area contributed by atoms with Crippen LogP contribution in [0.15, 0.2) is 56.3 Å². The van der Waals surface area contributed by atoms with Gasteiger partial charge in [-0.05, 0) is 52.1 Å². The van der Waals surface area contributed by atoms with E-state index in [1.807, 2.05) is 31.2 Å². The standard InChI is InChI=1S/C22H22N4O3/c1-15-2-4-18-17(12-22(27)28-21(18)10-15)14-26-8-6-25(7-9-26)13-16-3-5-19-20(11-16)24-29-23-19/h2-5,10-12H,6-9,13-14H2,1H3. The lowest BCUT2D eigenvalue weighted by molar-refractivity contribution is 0.122. The van der Waals surface area contributed by atoms with Crippen LogP contribution in [0.3, 0.4) is 0 Å². The van der Waals surface area contributed by atoms with Crippen LogP contribution in [0.25, 0.3) is 22.0 Å². The van der Waals surface area contributed by atoms with Gasteiger partial charge >= 0.3 is 5.63 Å². The summed E-state index contributed by atoms with van der Waals surface area (Å²) in [4.78, 5) is 16.8. The van der Waals surface area contributed by atoms with Crippen molar-refractivity contribution in [2.75, 3.05) is 26.2 Å². The Morgan fingerprint density at radius 1 is 0.897 bits per heavy atom. The Balaban J connectivity index is 1.25. The van der Waals surface area contributed by atoms with E-state index in [4.69, 9.17) is 9.05 Å². The largest absolute Gasteiger partial charge is 0.423 e. The van der Waals surface area contributed by atoms with E-state index in [0.29, 0.717) is 5.58 Å². The molecule has 0 bridgehead atoms. The number of fused-ring (bicyclic) bond motifs is 2. The first-order valence-electron chi connectivity index (χ1n) is 9.83. The average molecular weight is 390 g/mol. The highest BCUT2D eigenvalue weighted by Crippen LogP contribution is 2.21. The van der Waals surface area contributed by atoms with Crippen LogP contribution in [-0.2, 0) is 13.1 Å². The molecule has 2 aromatic carbocycles. The van der Waals surface area contributed by atoms with Crippen molar-refractivity contribution in [1.29, 1.82) is 0 Å². The summed E-state index contributed by atoms with van der Waals surface area (Å²) in [6, 6.07) is 13.7. The summed E-state index contributed by atoms with van der Waals surface area (Å²) in [5.41, 5.74) is 5.31. The monoisotopic (exact) mass is 390 g/mol. The number of nitrogens with zero attached hydrogens (tertiary/aromatic N) is 4. The van der Waals surface area contributed by atoms with Gasteiger partial charge in [-0.2, -0.15) is 0 Å². The lowest BCUT2D eigenvalue weighted by Gasteiger charge is -2.34. The minimum absolute atomic E-state index is 0.283. The average Bonchev–Trinajstić information content (AvgIpc) is 3.17. The van der Waals surface area contributed by atoms with E-state index >= 15 is 0 Å². The molecule has 1 aliphatic heterocycles. The summed E-state index contributed by atoms with van der Waals surface area (Å²) < 4.78 is 10.2. The molecule has 0 radical (unpaired) electrons. The molecule has 1 fully saturated rings. The Morgan fingerprint density at radius 3 is 2.48 bits per heavy atom. The van der Waals surface area contributed by atoms with Crippen molar-refractivity contribution in [1.82, 2.24) is 20.1 Å². The highest BCUT2D eigenvalue weighted by molar-refractivity contribution is 5.80. The van der Waals surface area contributed by atoms with Gasteiger partial charge in [0.15, 0.2) is 0 Å². The fraction of sp³-hybridized carbons (Fsp3) is 0.318. The number of hydrogen-bond donors (Lipinski definition) is 0. The van der Waals surface area contributed by atoms with Gasteiger partial charge in [0.1, 0.15) is 16.6 Å². The zero-order chi connectivity index (χ0) is 19.8. The number of rotatable bonds is 4. The van der Waals surface area contributed by atoms with Crippen molar-refractivity contribution < 1.29 is 9.05 Å². The first-order chi connectivity index (χ1) is 14.1. The third-order valence-electron chi connectivity index (χ3n) is 5.57. The topological polar surface area (TPSA) is 75.6 Å². The van der Waals surface area contributed by atoms with E-state index in [1.54, 1.807) is 6.07 Å². The quantitative estimate of drug-likeness (QED) is 0.496. The van der Waals surface area contributed by atoms with E-state index in [1.165, 1.54) is 5.56 Å². The van der Waals surface area contributed by atoms with Gasteiger partial charge < -0.3 is 4.42 Å². The van der Waals surface area contributed by atoms with Crippen LogP contribution in [0.5, 0.6) is 0 Å². The zero-order valence-corrected chi connectivity index (χ0v) is 16.3. The van der Waals surface area contributed by atoms with Crippen molar-refractivity contribution in [2.24, 2.45) is 0 Å². The van der Waals surface area contributed by atoms with Crippen LogP contribution in [0.1, 0.15) is 16.7 Å². The second-order valence-electron chi connectivity index (χ2n) is 7.73. The van der Waals surface area contributed by atoms with Crippen molar-refractivity contribution >= 4 is 22.0 Å². The van der Waals surface area contributed by atoms with Crippen LogP contribution in [0.4, 0.5) is 0 Å². The van der Waals surface area contributed by atoms with E-state index in [2.05, 4.69) is 32.2 Å². The van der Waals surface area contributed by atoms with Gasteiger partial charge in [-0.1, -0.05) is 18.2 Å². The number of hydrogen-bond acceptors (Lipinski definition) is 7. The number of benzene rings is 2. The Hall–Kier alpha value is -3.03. The number of aromatic nitrogens is 2. The molecule has 29 heavy (non-hydrogen) atoms. The molecule has 0 unspecified atom stereocenters. The Bertz CT molecular complexity index is 1220. The maximum atomic E-state index is 12.0. The number of aryl methyl sites for hydroxylation is 1. The molecule has 1 saturated heterocycles. The molecular formula is C22H22N4O3. The fourth-order valence-corrected chi connectivity index (χ4v) is 4.00. The summed E-state index contributed by atoms with van der Waals surface area (Å²) in [6.45, 7) is 7.52. The first kappa shape index (κ1) is 18.0. The van der Waals surface area contributed by atoms with Crippen molar-refractivity contribution in [3.05, 3.63) is 69.6 Å². The summed E-state index contributed by atoms with van der Waals surface area (Å²) in [7, 11) is 0. The summed E-state index contributed by atoms with van der Waals surface area (Å²) in [6.07, 6.45) is 0. The SMILES string of the molecule is Cc1ccc2c(CN3CCN(Cc4ccc5nonc5c4)CC3)cc(=O)oc2c1. The van der Waals surface area contributed by atoms with Crippen LogP contribution >= 0.6 is 0 Å². The molecule has 0 N–H and O–H groups in total. The van der Waals surface area contributed by atoms with E-state index in [-0.39, 0.29) is 5.63 Å². The molecule has 148 valence electrons. The lowest BCUT2D eigenvalue weighted by atomic mass is 10.1. The van der Waals surface area contributed by atoms with Crippen molar-refractivity contribution in [3.8, 4) is 0 Å². The molecule has 0 spiro atoms. The molecule has 0 atom stereocenters. The van der Waals surface area contributed by atoms with Crippen LogP contribution in [-0.4, -0.2) is 46.3 Å². The Kier molecular flexibility index (Phi) is 4.61. The molecule has 1 aliphatic rings. The van der Waals surface area contributed by atoms with Crippen LogP contribution < -0.4 is 5.63 Å². The Morgan fingerprint density at radius 2 is 1.66 bits per heavy atom. The maximum absolute atomic E-state index is 12.0. The van der Waals surface area contributed by atoms with Gasteiger partial charge in [0.2, 0.25) is 0 Å². The first-order valence-corrected chi connectivity index (χ1v) is 9.83. The molecule has 5 rings (SSSR count). The fourth-order valence-electron chi connectivity index (χ4n) is 4.00. The summed E-state index contributed by atoms with van der Waals surface area (Å²) in [5, 5.41) is 8.80. The number of piperazine rings is 1. The van der Waals surface area contributed by atoms with Crippen molar-refractivity contribution in [3.63, 3.8) is 0 Å². The third-order valence-corrected chi connectivity index (χ3v) is 5.57. The molecule has 2 aromatic heterocycles. The highest BCUT2D eigenvalue weighted by atomic mass is 16.6. The van der Waals surface area contributed by atoms with Gasteiger partial charge in [-0.3, -0.25) is 9.80 Å². The van der Waals surface area contributed by atoms with Gasteiger partial charge in [-0.15, -0.1) is 0 Å². The summed E-state index contributed by atoms with van der Waals surface area (Å²) in [5.74, 6) is 0. The zero-order valence-electron chi connectivity index (χ0n) is 16.3. The smallest absolute Gasteiger partial charge is 0.336 e. The molecule has 7 nitrogen and oxygen atoms in total. The molecule has 0 amide bonds. The predicted molar refractivity (Wildman–Crippen MR) is 110 cm³/mol. The van der Waals surface area contributed by atoms with Crippen LogP contribution in [0, 0.1) is 6.92 Å². The van der Waals surface area contributed by atoms with Crippen LogP contribution in [0.2, 0.25) is 0 Å². The van der Waals surface area contributed by atoms with Crippen molar-refractivity contribution in [2.45, 2.75) is 20.0 Å².